The molecule has 2 nitrogen and oxygen atoms in total. The van der Waals surface area contributed by atoms with Gasteiger partial charge in [0.15, 0.2) is 0 Å². The molecule has 0 aliphatic heterocycles. The van der Waals surface area contributed by atoms with E-state index in [2.05, 4.69) is 72.2 Å². The van der Waals surface area contributed by atoms with Crippen molar-refractivity contribution in [3.05, 3.63) is 70.9 Å². The number of nitrogens with zero attached hydrogens (tertiary/aromatic N) is 2. The maximum Gasteiger partial charge on any atom is 0.0487 e. The van der Waals surface area contributed by atoms with Crippen LogP contribution in [0.1, 0.15) is 17.5 Å². The fourth-order valence-corrected chi connectivity index (χ4v) is 3.21. The Bertz CT molecular complexity index is 775. The predicted molar refractivity (Wildman–Crippen MR) is 99.4 cm³/mol. The van der Waals surface area contributed by atoms with Gasteiger partial charge in [0.2, 0.25) is 0 Å². The molecule has 0 aliphatic carbocycles. The van der Waals surface area contributed by atoms with E-state index in [1.165, 1.54) is 22.0 Å². The van der Waals surface area contributed by atoms with Crippen LogP contribution >= 0.6 is 11.6 Å². The summed E-state index contributed by atoms with van der Waals surface area (Å²) in [7, 11) is 4.24. The number of rotatable bonds is 6. The molecule has 2 aromatic carbocycles. The number of hydrogen-bond acceptors (Lipinski definition) is 1. The summed E-state index contributed by atoms with van der Waals surface area (Å²) >= 11 is 6.23. The average molecular weight is 327 g/mol. The third-order valence-corrected chi connectivity index (χ3v) is 4.41. The van der Waals surface area contributed by atoms with Crippen LogP contribution in [0, 0.1) is 0 Å². The molecule has 0 amide bonds. The van der Waals surface area contributed by atoms with Crippen molar-refractivity contribution >= 4 is 22.5 Å². The van der Waals surface area contributed by atoms with Gasteiger partial charge in [0, 0.05) is 28.7 Å². The highest BCUT2D eigenvalue weighted by Crippen LogP contribution is 2.26. The summed E-state index contributed by atoms with van der Waals surface area (Å²) in [6.07, 6.45) is 4.53. The fourth-order valence-electron chi connectivity index (χ4n) is 3.04. The van der Waals surface area contributed by atoms with Gasteiger partial charge in [0.05, 0.1) is 0 Å². The lowest BCUT2D eigenvalue weighted by molar-refractivity contribution is 0.400. The minimum Gasteiger partial charge on any atom is -0.343 e. The van der Waals surface area contributed by atoms with Gasteiger partial charge in [-0.2, -0.15) is 0 Å². The molecule has 1 aromatic heterocycles. The SMILES string of the molecule is CN(C)CCCc1cn(Cc2ccccc2)c2ccc(Cl)cc12. The Morgan fingerprint density at radius 3 is 2.57 bits per heavy atom. The van der Waals surface area contributed by atoms with Crippen LogP contribution in [0.4, 0.5) is 0 Å². The number of hydrogen-bond donors (Lipinski definition) is 0. The van der Waals surface area contributed by atoms with Crippen molar-refractivity contribution in [3.63, 3.8) is 0 Å². The Morgan fingerprint density at radius 1 is 1.04 bits per heavy atom. The first-order chi connectivity index (χ1) is 11.1. The van der Waals surface area contributed by atoms with Crippen LogP contribution in [-0.2, 0) is 13.0 Å². The number of fused-ring (bicyclic) bond motifs is 1. The molecule has 3 heteroatoms. The molecule has 0 atom stereocenters. The van der Waals surface area contributed by atoms with E-state index >= 15 is 0 Å². The third-order valence-electron chi connectivity index (χ3n) is 4.17. The van der Waals surface area contributed by atoms with E-state index in [0.717, 1.165) is 31.0 Å². The minimum absolute atomic E-state index is 0.809. The molecule has 0 N–H and O–H groups in total. The van der Waals surface area contributed by atoms with Crippen molar-refractivity contribution in [3.8, 4) is 0 Å². The Labute approximate surface area is 143 Å². The van der Waals surface area contributed by atoms with Gasteiger partial charge in [0.1, 0.15) is 0 Å². The van der Waals surface area contributed by atoms with Crippen molar-refractivity contribution in [2.24, 2.45) is 0 Å². The second-order valence-corrected chi connectivity index (χ2v) is 6.77. The molecule has 0 unspecified atom stereocenters. The zero-order chi connectivity index (χ0) is 16.2. The highest BCUT2D eigenvalue weighted by atomic mass is 35.5. The first-order valence-electron chi connectivity index (χ1n) is 8.09. The fraction of sp³-hybridized carbons (Fsp3) is 0.300. The van der Waals surface area contributed by atoms with Crippen LogP contribution in [0.2, 0.25) is 5.02 Å². The van der Waals surface area contributed by atoms with E-state index in [9.17, 15) is 0 Å². The predicted octanol–water partition coefficient (Wildman–Crippen LogP) is 4.84. The Hall–Kier alpha value is -1.77. The Balaban J connectivity index is 1.91. The molecule has 120 valence electrons. The van der Waals surface area contributed by atoms with Crippen molar-refractivity contribution in [2.75, 3.05) is 20.6 Å². The van der Waals surface area contributed by atoms with Crippen LogP contribution in [0.15, 0.2) is 54.7 Å². The summed E-state index contributed by atoms with van der Waals surface area (Å²) in [4.78, 5) is 2.23. The van der Waals surface area contributed by atoms with Crippen LogP contribution in [0.25, 0.3) is 10.9 Å². The van der Waals surface area contributed by atoms with Gasteiger partial charge in [-0.25, -0.2) is 0 Å². The summed E-state index contributed by atoms with van der Waals surface area (Å²) in [5, 5.41) is 2.09. The maximum atomic E-state index is 6.23. The van der Waals surface area contributed by atoms with Crippen LogP contribution in [-0.4, -0.2) is 30.1 Å². The monoisotopic (exact) mass is 326 g/mol. The van der Waals surface area contributed by atoms with Gasteiger partial charge in [-0.05, 0) is 62.8 Å². The summed E-state index contributed by atoms with van der Waals surface area (Å²) in [6, 6.07) is 16.8. The average Bonchev–Trinajstić information content (AvgIpc) is 2.85. The lowest BCUT2D eigenvalue weighted by atomic mass is 10.1. The highest BCUT2D eigenvalue weighted by Gasteiger charge is 2.09. The van der Waals surface area contributed by atoms with Gasteiger partial charge < -0.3 is 9.47 Å². The second kappa shape index (κ2) is 7.20. The van der Waals surface area contributed by atoms with Gasteiger partial charge in [-0.3, -0.25) is 0 Å². The van der Waals surface area contributed by atoms with Crippen molar-refractivity contribution < 1.29 is 0 Å². The van der Waals surface area contributed by atoms with E-state index in [0.29, 0.717) is 0 Å². The van der Waals surface area contributed by atoms with Crippen molar-refractivity contribution in [1.82, 2.24) is 9.47 Å². The number of aromatic nitrogens is 1. The topological polar surface area (TPSA) is 8.17 Å². The summed E-state index contributed by atoms with van der Waals surface area (Å²) in [6.45, 7) is 2.00. The summed E-state index contributed by atoms with van der Waals surface area (Å²) < 4.78 is 2.34. The normalized spacial score (nSPS) is 11.5. The molecule has 0 fully saturated rings. The minimum atomic E-state index is 0.809. The van der Waals surface area contributed by atoms with Crippen LogP contribution < -0.4 is 0 Å². The van der Waals surface area contributed by atoms with E-state index in [-0.39, 0.29) is 0 Å². The molecule has 23 heavy (non-hydrogen) atoms. The number of benzene rings is 2. The van der Waals surface area contributed by atoms with Gasteiger partial charge >= 0.3 is 0 Å². The third kappa shape index (κ3) is 3.95. The van der Waals surface area contributed by atoms with Crippen molar-refractivity contribution in [1.29, 1.82) is 0 Å². The zero-order valence-electron chi connectivity index (χ0n) is 13.8. The summed E-state index contributed by atoms with van der Waals surface area (Å²) in [5.74, 6) is 0. The van der Waals surface area contributed by atoms with E-state index in [1.54, 1.807) is 0 Å². The molecule has 1 heterocycles. The smallest absolute Gasteiger partial charge is 0.0487 e. The molecule has 0 saturated heterocycles. The molecule has 0 aliphatic rings. The molecule has 0 saturated carbocycles. The van der Waals surface area contributed by atoms with Gasteiger partial charge in [-0.15, -0.1) is 0 Å². The second-order valence-electron chi connectivity index (χ2n) is 6.34. The van der Waals surface area contributed by atoms with Gasteiger partial charge in [-0.1, -0.05) is 41.9 Å². The first-order valence-corrected chi connectivity index (χ1v) is 8.47. The number of halogens is 1. The quantitative estimate of drug-likeness (QED) is 0.629. The van der Waals surface area contributed by atoms with E-state index in [1.807, 2.05) is 6.07 Å². The zero-order valence-corrected chi connectivity index (χ0v) is 14.6. The highest BCUT2D eigenvalue weighted by molar-refractivity contribution is 6.31. The van der Waals surface area contributed by atoms with Crippen LogP contribution in [0.3, 0.4) is 0 Å². The Morgan fingerprint density at radius 2 is 1.83 bits per heavy atom. The largest absolute Gasteiger partial charge is 0.343 e. The molecule has 3 aromatic rings. The lowest BCUT2D eigenvalue weighted by Gasteiger charge is -2.08. The van der Waals surface area contributed by atoms with Crippen LogP contribution in [0.5, 0.6) is 0 Å². The lowest BCUT2D eigenvalue weighted by Crippen LogP contribution is -2.13. The molecular weight excluding hydrogens is 304 g/mol. The molecule has 0 radical (unpaired) electrons. The van der Waals surface area contributed by atoms with E-state index < -0.39 is 0 Å². The standard InChI is InChI=1S/C20H23ClN2/c1-22(2)12-6-9-17-15-23(14-16-7-4-3-5-8-16)20-11-10-18(21)13-19(17)20/h3-5,7-8,10-11,13,15H,6,9,12,14H2,1-2H3. The molecule has 3 rings (SSSR count). The summed E-state index contributed by atoms with van der Waals surface area (Å²) in [5.41, 5.74) is 3.97. The van der Waals surface area contributed by atoms with Gasteiger partial charge in [0.25, 0.3) is 0 Å². The maximum absolute atomic E-state index is 6.23. The molecular formula is C20H23ClN2. The van der Waals surface area contributed by atoms with E-state index in [4.69, 9.17) is 11.6 Å². The Kier molecular flexibility index (Phi) is 5.04. The van der Waals surface area contributed by atoms with Crippen molar-refractivity contribution in [2.45, 2.75) is 19.4 Å². The molecule has 0 spiro atoms. The first kappa shape index (κ1) is 16.1. The molecule has 0 bridgehead atoms. The number of aryl methyl sites for hydroxylation is 1.